The van der Waals surface area contributed by atoms with E-state index in [9.17, 15) is 14.9 Å². The number of amides is 1. The fourth-order valence-corrected chi connectivity index (χ4v) is 2.16. The maximum atomic E-state index is 11.8. The lowest BCUT2D eigenvalue weighted by molar-refractivity contribution is -0.383. The van der Waals surface area contributed by atoms with Crippen LogP contribution in [0.3, 0.4) is 0 Å². The average molecular weight is 259 g/mol. The predicted molar refractivity (Wildman–Crippen MR) is 69.8 cm³/mol. The Kier molecular flexibility index (Phi) is 2.70. The molecule has 98 valence electrons. The summed E-state index contributed by atoms with van der Waals surface area (Å²) in [6.07, 6.45) is 3.80. The number of nitro groups is 1. The summed E-state index contributed by atoms with van der Waals surface area (Å²) >= 11 is 0. The molecule has 1 fully saturated rings. The maximum absolute atomic E-state index is 11.8. The molecule has 1 aromatic carbocycles. The molecule has 1 aromatic heterocycles. The molecule has 0 spiro atoms. The number of carbonyl (C=O) groups is 1. The Hall–Kier alpha value is -2.37. The molecule has 3 rings (SSSR count). The standard InChI is InChI=1S/C13H13N3O3/c17-13(14-9-4-5-9)8-15-7-6-10-11(15)2-1-3-12(10)16(18)19/h1-3,6-7,9H,4-5,8H2,(H,14,17). The largest absolute Gasteiger partial charge is 0.352 e. The number of non-ortho nitro benzene ring substituents is 1. The van der Waals surface area contributed by atoms with E-state index in [0.717, 1.165) is 12.8 Å². The van der Waals surface area contributed by atoms with Gasteiger partial charge >= 0.3 is 0 Å². The Morgan fingerprint density at radius 3 is 2.89 bits per heavy atom. The van der Waals surface area contributed by atoms with Crippen LogP contribution in [0.15, 0.2) is 30.5 Å². The third kappa shape index (κ3) is 2.29. The molecule has 0 radical (unpaired) electrons. The molecular weight excluding hydrogens is 246 g/mol. The third-order valence-corrected chi connectivity index (χ3v) is 3.24. The van der Waals surface area contributed by atoms with Gasteiger partial charge in [0, 0.05) is 18.3 Å². The van der Waals surface area contributed by atoms with Crippen molar-refractivity contribution in [1.82, 2.24) is 9.88 Å². The van der Waals surface area contributed by atoms with Gasteiger partial charge in [-0.15, -0.1) is 0 Å². The SMILES string of the molecule is O=C(Cn1ccc2c([N+](=O)[O-])cccc21)NC1CC1. The zero-order chi connectivity index (χ0) is 13.4. The Morgan fingerprint density at radius 2 is 2.21 bits per heavy atom. The van der Waals surface area contributed by atoms with Gasteiger partial charge in [0.2, 0.25) is 5.91 Å². The Bertz CT molecular complexity index is 658. The summed E-state index contributed by atoms with van der Waals surface area (Å²) in [5, 5.41) is 14.4. The summed E-state index contributed by atoms with van der Waals surface area (Å²) in [6, 6.07) is 6.89. The molecule has 0 aliphatic heterocycles. The van der Waals surface area contributed by atoms with Crippen LogP contribution < -0.4 is 5.32 Å². The van der Waals surface area contributed by atoms with Crippen LogP contribution in [-0.4, -0.2) is 21.4 Å². The quantitative estimate of drug-likeness (QED) is 0.672. The molecule has 19 heavy (non-hydrogen) atoms. The minimum Gasteiger partial charge on any atom is -0.352 e. The highest BCUT2D eigenvalue weighted by atomic mass is 16.6. The summed E-state index contributed by atoms with van der Waals surface area (Å²) in [6.45, 7) is 0.196. The van der Waals surface area contributed by atoms with Crippen molar-refractivity contribution in [3.63, 3.8) is 0 Å². The van der Waals surface area contributed by atoms with Crippen LogP contribution in [0.1, 0.15) is 12.8 Å². The number of nitrogens with zero attached hydrogens (tertiary/aromatic N) is 2. The van der Waals surface area contributed by atoms with E-state index in [0.29, 0.717) is 16.9 Å². The van der Waals surface area contributed by atoms with Gasteiger partial charge in [-0.3, -0.25) is 14.9 Å². The number of aromatic nitrogens is 1. The van der Waals surface area contributed by atoms with Crippen LogP contribution in [0.4, 0.5) is 5.69 Å². The molecule has 0 unspecified atom stereocenters. The first-order valence-corrected chi connectivity index (χ1v) is 6.17. The molecule has 1 aliphatic carbocycles. The molecule has 2 aromatic rings. The van der Waals surface area contributed by atoms with Crippen LogP contribution >= 0.6 is 0 Å². The highest BCUT2D eigenvalue weighted by molar-refractivity contribution is 5.90. The van der Waals surface area contributed by atoms with Crippen molar-refractivity contribution >= 4 is 22.5 Å². The van der Waals surface area contributed by atoms with Gasteiger partial charge in [0.15, 0.2) is 0 Å². The minimum atomic E-state index is -0.406. The van der Waals surface area contributed by atoms with E-state index in [1.165, 1.54) is 6.07 Å². The Morgan fingerprint density at radius 1 is 1.42 bits per heavy atom. The molecule has 1 saturated carbocycles. The van der Waals surface area contributed by atoms with Crippen LogP contribution in [0.5, 0.6) is 0 Å². The number of hydrogen-bond donors (Lipinski definition) is 1. The van der Waals surface area contributed by atoms with Gasteiger partial charge < -0.3 is 9.88 Å². The molecule has 6 heteroatoms. The zero-order valence-electron chi connectivity index (χ0n) is 10.2. The second-order valence-electron chi connectivity index (χ2n) is 4.75. The number of hydrogen-bond acceptors (Lipinski definition) is 3. The van der Waals surface area contributed by atoms with E-state index in [-0.39, 0.29) is 18.1 Å². The molecule has 0 bridgehead atoms. The predicted octanol–water partition coefficient (Wildman–Crippen LogP) is 1.83. The molecular formula is C13H13N3O3. The summed E-state index contributed by atoms with van der Waals surface area (Å²) in [7, 11) is 0. The first-order chi connectivity index (χ1) is 9.15. The van der Waals surface area contributed by atoms with Crippen LogP contribution in [-0.2, 0) is 11.3 Å². The van der Waals surface area contributed by atoms with Gasteiger partial charge in [0.25, 0.3) is 5.69 Å². The first kappa shape index (κ1) is 11.7. The number of fused-ring (bicyclic) bond motifs is 1. The Balaban J connectivity index is 1.89. The first-order valence-electron chi connectivity index (χ1n) is 6.17. The highest BCUT2D eigenvalue weighted by Crippen LogP contribution is 2.26. The van der Waals surface area contributed by atoms with Gasteiger partial charge in [-0.25, -0.2) is 0 Å². The monoisotopic (exact) mass is 259 g/mol. The minimum absolute atomic E-state index is 0.0495. The van der Waals surface area contributed by atoms with Gasteiger partial charge in [-0.1, -0.05) is 6.07 Å². The van der Waals surface area contributed by atoms with Crippen LogP contribution in [0.25, 0.3) is 10.9 Å². The highest BCUT2D eigenvalue weighted by Gasteiger charge is 2.23. The number of benzene rings is 1. The van der Waals surface area contributed by atoms with E-state index < -0.39 is 4.92 Å². The second kappa shape index (κ2) is 4.38. The smallest absolute Gasteiger partial charge is 0.278 e. The van der Waals surface area contributed by atoms with Crippen molar-refractivity contribution in [2.75, 3.05) is 0 Å². The van der Waals surface area contributed by atoms with Crippen LogP contribution in [0.2, 0.25) is 0 Å². The normalized spacial score (nSPS) is 14.5. The van der Waals surface area contributed by atoms with E-state index >= 15 is 0 Å². The summed E-state index contributed by atoms with van der Waals surface area (Å²) in [5.41, 5.74) is 0.777. The number of nitrogens with one attached hydrogen (secondary N) is 1. The van der Waals surface area contributed by atoms with E-state index in [1.807, 2.05) is 0 Å². The van der Waals surface area contributed by atoms with Gasteiger partial charge in [0.05, 0.1) is 15.8 Å². The van der Waals surface area contributed by atoms with Gasteiger partial charge in [-0.05, 0) is 25.0 Å². The number of nitro benzene ring substituents is 1. The van der Waals surface area contributed by atoms with Crippen molar-refractivity contribution < 1.29 is 9.72 Å². The van der Waals surface area contributed by atoms with Crippen molar-refractivity contribution in [3.8, 4) is 0 Å². The van der Waals surface area contributed by atoms with Crippen molar-refractivity contribution in [1.29, 1.82) is 0 Å². The fourth-order valence-electron chi connectivity index (χ4n) is 2.16. The van der Waals surface area contributed by atoms with Crippen molar-refractivity contribution in [2.45, 2.75) is 25.4 Å². The van der Waals surface area contributed by atoms with Gasteiger partial charge in [0.1, 0.15) is 6.54 Å². The average Bonchev–Trinajstić information content (AvgIpc) is 3.09. The van der Waals surface area contributed by atoms with Crippen LogP contribution in [0, 0.1) is 10.1 Å². The molecule has 1 amide bonds. The van der Waals surface area contributed by atoms with Crippen molar-refractivity contribution in [2.24, 2.45) is 0 Å². The fraction of sp³-hybridized carbons (Fsp3) is 0.308. The van der Waals surface area contributed by atoms with Gasteiger partial charge in [-0.2, -0.15) is 0 Å². The lowest BCUT2D eigenvalue weighted by atomic mass is 10.2. The van der Waals surface area contributed by atoms with E-state index in [1.54, 1.807) is 29.0 Å². The topological polar surface area (TPSA) is 77.2 Å². The molecule has 6 nitrogen and oxygen atoms in total. The lowest BCUT2D eigenvalue weighted by Crippen LogP contribution is -2.28. The summed E-state index contributed by atoms with van der Waals surface area (Å²) in [4.78, 5) is 22.3. The van der Waals surface area contributed by atoms with Crippen molar-refractivity contribution in [3.05, 3.63) is 40.6 Å². The zero-order valence-corrected chi connectivity index (χ0v) is 10.2. The maximum Gasteiger partial charge on any atom is 0.278 e. The summed E-state index contributed by atoms with van der Waals surface area (Å²) in [5.74, 6) is -0.0495. The molecule has 1 N–H and O–H groups in total. The number of carbonyl (C=O) groups excluding carboxylic acids is 1. The summed E-state index contributed by atoms with van der Waals surface area (Å²) < 4.78 is 1.74. The van der Waals surface area contributed by atoms with E-state index in [2.05, 4.69) is 5.32 Å². The number of rotatable bonds is 4. The molecule has 0 atom stereocenters. The molecule has 1 aliphatic rings. The van der Waals surface area contributed by atoms with E-state index in [4.69, 9.17) is 0 Å². The third-order valence-electron chi connectivity index (χ3n) is 3.24. The Labute approximate surface area is 109 Å². The molecule has 1 heterocycles. The molecule has 0 saturated heterocycles. The second-order valence-corrected chi connectivity index (χ2v) is 4.75. The lowest BCUT2D eigenvalue weighted by Gasteiger charge is -2.06.